The molecule has 0 aromatic carbocycles. The van der Waals surface area contributed by atoms with Gasteiger partial charge in [-0.2, -0.15) is 0 Å². The molecule has 0 aromatic rings. The summed E-state index contributed by atoms with van der Waals surface area (Å²) >= 11 is 0. The first-order valence-corrected chi connectivity index (χ1v) is 3.39. The first-order chi connectivity index (χ1) is 4.70. The van der Waals surface area contributed by atoms with Crippen LogP contribution in [-0.4, -0.2) is 25.7 Å². The molecule has 0 saturated carbocycles. The van der Waals surface area contributed by atoms with Crippen LogP contribution in [0.1, 0.15) is 13.3 Å². The van der Waals surface area contributed by atoms with Crippen molar-refractivity contribution >= 4 is 6.03 Å². The highest BCUT2D eigenvalue weighted by molar-refractivity contribution is 5.73. The lowest BCUT2D eigenvalue weighted by Gasteiger charge is -2.11. The maximum Gasteiger partial charge on any atom is 0.314 e. The molecule has 0 aliphatic rings. The van der Waals surface area contributed by atoms with E-state index in [1.165, 1.54) is 0 Å². The molecule has 1 atom stereocenters. The standard InChI is InChI=1S/C6H15N3O/c1-5(3-4-7)9-6(10)8-2/h5H,3-4,7H2,1-2H3,(H2,8,9,10). The third kappa shape index (κ3) is 4.14. The Morgan fingerprint density at radius 1 is 1.70 bits per heavy atom. The number of amides is 2. The maximum atomic E-state index is 10.6. The van der Waals surface area contributed by atoms with Gasteiger partial charge in [0.2, 0.25) is 0 Å². The van der Waals surface area contributed by atoms with Gasteiger partial charge >= 0.3 is 6.03 Å². The average Bonchev–Trinajstić information content (AvgIpc) is 1.88. The molecule has 0 aromatic heterocycles. The van der Waals surface area contributed by atoms with Gasteiger partial charge in [-0.3, -0.25) is 0 Å². The van der Waals surface area contributed by atoms with Crippen LogP contribution in [0.5, 0.6) is 0 Å². The summed E-state index contributed by atoms with van der Waals surface area (Å²) in [6.45, 7) is 2.52. The topological polar surface area (TPSA) is 67.2 Å². The molecule has 0 bridgehead atoms. The number of rotatable bonds is 3. The van der Waals surface area contributed by atoms with Crippen molar-refractivity contribution in [1.29, 1.82) is 0 Å². The molecule has 0 radical (unpaired) electrons. The molecule has 0 fully saturated rings. The zero-order valence-electron chi connectivity index (χ0n) is 6.48. The van der Waals surface area contributed by atoms with E-state index in [1.807, 2.05) is 6.92 Å². The lowest BCUT2D eigenvalue weighted by Crippen LogP contribution is -2.39. The van der Waals surface area contributed by atoms with Crippen molar-refractivity contribution in [3.63, 3.8) is 0 Å². The van der Waals surface area contributed by atoms with Crippen LogP contribution in [0.4, 0.5) is 4.79 Å². The van der Waals surface area contributed by atoms with E-state index in [2.05, 4.69) is 10.6 Å². The minimum atomic E-state index is -0.152. The zero-order chi connectivity index (χ0) is 7.98. The molecule has 0 rings (SSSR count). The van der Waals surface area contributed by atoms with Crippen molar-refractivity contribution in [2.45, 2.75) is 19.4 Å². The van der Waals surface area contributed by atoms with Crippen LogP contribution in [0.15, 0.2) is 0 Å². The molecule has 0 saturated heterocycles. The van der Waals surface area contributed by atoms with Crippen LogP contribution < -0.4 is 16.4 Å². The van der Waals surface area contributed by atoms with Crippen molar-refractivity contribution in [1.82, 2.24) is 10.6 Å². The number of hydrogen-bond acceptors (Lipinski definition) is 2. The van der Waals surface area contributed by atoms with E-state index in [1.54, 1.807) is 7.05 Å². The monoisotopic (exact) mass is 145 g/mol. The summed E-state index contributed by atoms with van der Waals surface area (Å²) in [5.74, 6) is 0. The Kier molecular flexibility index (Phi) is 4.66. The molecular weight excluding hydrogens is 130 g/mol. The second-order valence-electron chi connectivity index (χ2n) is 2.20. The van der Waals surface area contributed by atoms with Gasteiger partial charge in [0.1, 0.15) is 0 Å². The van der Waals surface area contributed by atoms with E-state index in [-0.39, 0.29) is 12.1 Å². The predicted molar refractivity (Wildman–Crippen MR) is 40.7 cm³/mol. The molecule has 4 N–H and O–H groups in total. The molecule has 4 heteroatoms. The van der Waals surface area contributed by atoms with Crippen LogP contribution >= 0.6 is 0 Å². The molecule has 0 spiro atoms. The van der Waals surface area contributed by atoms with Crippen molar-refractivity contribution in [2.75, 3.05) is 13.6 Å². The second kappa shape index (κ2) is 5.05. The van der Waals surface area contributed by atoms with Crippen LogP contribution in [0.25, 0.3) is 0 Å². The Hall–Kier alpha value is -0.770. The minimum Gasteiger partial charge on any atom is -0.341 e. The summed E-state index contributed by atoms with van der Waals surface area (Å²) in [7, 11) is 1.59. The highest BCUT2D eigenvalue weighted by atomic mass is 16.2. The van der Waals surface area contributed by atoms with E-state index in [4.69, 9.17) is 5.73 Å². The Bertz CT molecular complexity index is 105. The quantitative estimate of drug-likeness (QED) is 0.508. The number of nitrogens with two attached hydrogens (primary N) is 1. The second-order valence-corrected chi connectivity index (χ2v) is 2.20. The van der Waals surface area contributed by atoms with Gasteiger partial charge < -0.3 is 16.4 Å². The van der Waals surface area contributed by atoms with E-state index < -0.39 is 0 Å². The molecule has 60 valence electrons. The number of urea groups is 1. The van der Waals surface area contributed by atoms with Crippen LogP contribution in [0, 0.1) is 0 Å². The number of carbonyl (C=O) groups excluding carboxylic acids is 1. The molecular formula is C6H15N3O. The molecule has 0 aliphatic heterocycles. The Balaban J connectivity index is 3.37. The minimum absolute atomic E-state index is 0.152. The molecule has 10 heavy (non-hydrogen) atoms. The Morgan fingerprint density at radius 2 is 2.30 bits per heavy atom. The lowest BCUT2D eigenvalue weighted by molar-refractivity contribution is 0.239. The van der Waals surface area contributed by atoms with E-state index >= 15 is 0 Å². The normalized spacial score (nSPS) is 12.3. The molecule has 4 nitrogen and oxygen atoms in total. The summed E-state index contributed by atoms with van der Waals surface area (Å²) in [6.07, 6.45) is 0.813. The Labute approximate surface area is 61.2 Å². The largest absolute Gasteiger partial charge is 0.341 e. The van der Waals surface area contributed by atoms with Crippen LogP contribution in [-0.2, 0) is 0 Å². The SMILES string of the molecule is CNC(=O)NC(C)CCN. The zero-order valence-corrected chi connectivity index (χ0v) is 6.48. The van der Waals surface area contributed by atoms with Crippen LogP contribution in [0.3, 0.4) is 0 Å². The molecule has 1 unspecified atom stereocenters. The van der Waals surface area contributed by atoms with Gasteiger partial charge in [0.25, 0.3) is 0 Å². The summed E-state index contributed by atoms with van der Waals surface area (Å²) in [6, 6.07) is 0.00546. The van der Waals surface area contributed by atoms with Gasteiger partial charge in [-0.05, 0) is 19.9 Å². The smallest absolute Gasteiger partial charge is 0.314 e. The van der Waals surface area contributed by atoms with Crippen molar-refractivity contribution < 1.29 is 4.79 Å². The highest BCUT2D eigenvalue weighted by Gasteiger charge is 2.02. The maximum absolute atomic E-state index is 10.6. The number of hydrogen-bond donors (Lipinski definition) is 3. The number of nitrogens with one attached hydrogen (secondary N) is 2. The number of carbonyl (C=O) groups is 1. The van der Waals surface area contributed by atoms with E-state index in [0.29, 0.717) is 6.54 Å². The predicted octanol–water partition coefficient (Wildman–Crippen LogP) is -0.347. The van der Waals surface area contributed by atoms with Crippen molar-refractivity contribution in [2.24, 2.45) is 5.73 Å². The average molecular weight is 145 g/mol. The van der Waals surface area contributed by atoms with Gasteiger partial charge in [-0.1, -0.05) is 0 Å². The first-order valence-electron chi connectivity index (χ1n) is 3.39. The molecule has 2 amide bonds. The van der Waals surface area contributed by atoms with Crippen molar-refractivity contribution in [3.8, 4) is 0 Å². The van der Waals surface area contributed by atoms with Gasteiger partial charge in [-0.15, -0.1) is 0 Å². The fourth-order valence-corrected chi connectivity index (χ4v) is 0.618. The lowest BCUT2D eigenvalue weighted by atomic mass is 10.2. The van der Waals surface area contributed by atoms with E-state index in [9.17, 15) is 4.79 Å². The highest BCUT2D eigenvalue weighted by Crippen LogP contribution is 1.85. The third-order valence-corrected chi connectivity index (χ3v) is 1.20. The fraction of sp³-hybridized carbons (Fsp3) is 0.833. The van der Waals surface area contributed by atoms with Gasteiger partial charge in [-0.25, -0.2) is 4.79 Å². The summed E-state index contributed by atoms with van der Waals surface area (Å²) < 4.78 is 0. The summed E-state index contributed by atoms with van der Waals surface area (Å²) in [4.78, 5) is 10.6. The molecule has 0 aliphatic carbocycles. The van der Waals surface area contributed by atoms with Gasteiger partial charge in [0, 0.05) is 13.1 Å². The third-order valence-electron chi connectivity index (χ3n) is 1.20. The van der Waals surface area contributed by atoms with Gasteiger partial charge in [0.05, 0.1) is 0 Å². The fourth-order valence-electron chi connectivity index (χ4n) is 0.618. The van der Waals surface area contributed by atoms with Crippen LogP contribution in [0.2, 0.25) is 0 Å². The van der Waals surface area contributed by atoms with Crippen molar-refractivity contribution in [3.05, 3.63) is 0 Å². The Morgan fingerprint density at radius 3 is 2.70 bits per heavy atom. The molecule has 0 heterocycles. The van der Waals surface area contributed by atoms with E-state index in [0.717, 1.165) is 6.42 Å². The summed E-state index contributed by atoms with van der Waals surface area (Å²) in [5, 5.41) is 5.16. The summed E-state index contributed by atoms with van der Waals surface area (Å²) in [5.41, 5.74) is 5.27. The van der Waals surface area contributed by atoms with Gasteiger partial charge in [0.15, 0.2) is 0 Å². The first kappa shape index (κ1) is 9.23.